The minimum absolute atomic E-state index is 0.0824. The SMILES string of the molecule is CC1OCC[C@H]2OC(c3ccccc3)OC12. The van der Waals surface area contributed by atoms with Gasteiger partial charge in [0, 0.05) is 12.2 Å². The molecule has 2 fully saturated rings. The summed E-state index contributed by atoms with van der Waals surface area (Å²) in [7, 11) is 0. The maximum atomic E-state index is 5.92. The minimum Gasteiger partial charge on any atom is -0.376 e. The molecule has 2 saturated heterocycles. The van der Waals surface area contributed by atoms with E-state index in [2.05, 4.69) is 0 Å². The Morgan fingerprint density at radius 3 is 2.69 bits per heavy atom. The molecule has 86 valence electrons. The van der Waals surface area contributed by atoms with E-state index < -0.39 is 0 Å². The van der Waals surface area contributed by atoms with Crippen LogP contribution < -0.4 is 0 Å². The summed E-state index contributed by atoms with van der Waals surface area (Å²) < 4.78 is 17.4. The minimum atomic E-state index is -0.222. The Kier molecular flexibility index (Phi) is 2.67. The van der Waals surface area contributed by atoms with Gasteiger partial charge in [0.05, 0.1) is 12.2 Å². The second kappa shape index (κ2) is 4.17. The van der Waals surface area contributed by atoms with Crippen LogP contribution in [0.15, 0.2) is 30.3 Å². The van der Waals surface area contributed by atoms with Crippen molar-refractivity contribution in [1.29, 1.82) is 0 Å². The summed E-state index contributed by atoms with van der Waals surface area (Å²) in [6.45, 7) is 2.82. The third-order valence-corrected chi connectivity index (χ3v) is 3.26. The standard InChI is InChI=1S/C13H16O3/c1-9-12-11(7-8-14-9)15-13(16-12)10-5-3-2-4-6-10/h2-6,9,11-13H,7-8H2,1H3/t9?,11-,12?,13?/m1/s1. The molecule has 1 aromatic carbocycles. The second-order valence-electron chi connectivity index (χ2n) is 4.38. The summed E-state index contributed by atoms with van der Waals surface area (Å²) >= 11 is 0. The van der Waals surface area contributed by atoms with Crippen molar-refractivity contribution in [2.75, 3.05) is 6.61 Å². The molecule has 0 aliphatic carbocycles. The van der Waals surface area contributed by atoms with Crippen LogP contribution in [0.25, 0.3) is 0 Å². The van der Waals surface area contributed by atoms with Crippen LogP contribution in [0.1, 0.15) is 25.2 Å². The van der Waals surface area contributed by atoms with Gasteiger partial charge in [-0.15, -0.1) is 0 Å². The van der Waals surface area contributed by atoms with E-state index in [9.17, 15) is 0 Å². The monoisotopic (exact) mass is 220 g/mol. The summed E-state index contributed by atoms with van der Waals surface area (Å²) in [4.78, 5) is 0. The average Bonchev–Trinajstić information content (AvgIpc) is 2.76. The molecule has 2 heterocycles. The van der Waals surface area contributed by atoms with Gasteiger partial charge in [-0.2, -0.15) is 0 Å². The second-order valence-corrected chi connectivity index (χ2v) is 4.38. The molecule has 0 N–H and O–H groups in total. The third kappa shape index (κ3) is 1.75. The lowest BCUT2D eigenvalue weighted by Gasteiger charge is -2.28. The van der Waals surface area contributed by atoms with Crippen molar-refractivity contribution in [3.8, 4) is 0 Å². The van der Waals surface area contributed by atoms with Crippen LogP contribution in [-0.2, 0) is 14.2 Å². The summed E-state index contributed by atoms with van der Waals surface area (Å²) in [5.41, 5.74) is 1.09. The van der Waals surface area contributed by atoms with Crippen molar-refractivity contribution in [2.24, 2.45) is 0 Å². The van der Waals surface area contributed by atoms with Crippen LogP contribution in [-0.4, -0.2) is 24.9 Å². The number of fused-ring (bicyclic) bond motifs is 1. The van der Waals surface area contributed by atoms with Gasteiger partial charge in [0.25, 0.3) is 0 Å². The fourth-order valence-corrected chi connectivity index (χ4v) is 2.38. The summed E-state index contributed by atoms with van der Waals surface area (Å²) in [5, 5.41) is 0. The quantitative estimate of drug-likeness (QED) is 0.726. The molecular weight excluding hydrogens is 204 g/mol. The van der Waals surface area contributed by atoms with Crippen molar-refractivity contribution in [3.63, 3.8) is 0 Å². The highest BCUT2D eigenvalue weighted by Crippen LogP contribution is 2.36. The molecule has 3 nitrogen and oxygen atoms in total. The largest absolute Gasteiger partial charge is 0.376 e. The maximum Gasteiger partial charge on any atom is 0.184 e. The molecule has 1 aromatic rings. The number of ether oxygens (including phenoxy) is 3. The summed E-state index contributed by atoms with van der Waals surface area (Å²) in [5.74, 6) is 0. The molecule has 3 rings (SSSR count). The Morgan fingerprint density at radius 2 is 1.94 bits per heavy atom. The van der Waals surface area contributed by atoms with Crippen LogP contribution in [0.5, 0.6) is 0 Å². The van der Waals surface area contributed by atoms with Crippen LogP contribution in [0.3, 0.4) is 0 Å². The van der Waals surface area contributed by atoms with Crippen LogP contribution >= 0.6 is 0 Å². The van der Waals surface area contributed by atoms with Crippen molar-refractivity contribution < 1.29 is 14.2 Å². The zero-order valence-electron chi connectivity index (χ0n) is 9.34. The molecule has 0 aromatic heterocycles. The first-order chi connectivity index (χ1) is 7.84. The molecule has 0 radical (unpaired) electrons. The molecule has 3 unspecified atom stereocenters. The Labute approximate surface area is 95.3 Å². The number of rotatable bonds is 1. The molecular formula is C13H16O3. The normalized spacial score (nSPS) is 38.3. The van der Waals surface area contributed by atoms with Gasteiger partial charge in [-0.1, -0.05) is 30.3 Å². The third-order valence-electron chi connectivity index (χ3n) is 3.26. The Balaban J connectivity index is 1.77. The zero-order chi connectivity index (χ0) is 11.0. The van der Waals surface area contributed by atoms with Crippen LogP contribution in [0, 0.1) is 0 Å². The van der Waals surface area contributed by atoms with Gasteiger partial charge >= 0.3 is 0 Å². The number of hydrogen-bond acceptors (Lipinski definition) is 3. The van der Waals surface area contributed by atoms with Gasteiger partial charge in [-0.05, 0) is 13.3 Å². The zero-order valence-corrected chi connectivity index (χ0v) is 9.34. The highest BCUT2D eigenvalue weighted by atomic mass is 16.7. The van der Waals surface area contributed by atoms with Crippen LogP contribution in [0.2, 0.25) is 0 Å². The molecule has 4 atom stereocenters. The molecule has 2 aliphatic heterocycles. The van der Waals surface area contributed by atoms with E-state index >= 15 is 0 Å². The lowest BCUT2D eigenvalue weighted by molar-refractivity contribution is -0.0931. The van der Waals surface area contributed by atoms with E-state index in [0.29, 0.717) is 0 Å². The molecule has 3 heteroatoms. The lowest BCUT2D eigenvalue weighted by Crippen LogP contribution is -2.40. The van der Waals surface area contributed by atoms with Gasteiger partial charge in [0.15, 0.2) is 6.29 Å². The fraction of sp³-hybridized carbons (Fsp3) is 0.538. The van der Waals surface area contributed by atoms with E-state index in [4.69, 9.17) is 14.2 Å². The topological polar surface area (TPSA) is 27.7 Å². The predicted molar refractivity (Wildman–Crippen MR) is 59.0 cm³/mol. The van der Waals surface area contributed by atoms with Crippen molar-refractivity contribution in [1.82, 2.24) is 0 Å². The lowest BCUT2D eigenvalue weighted by atomic mass is 10.0. The van der Waals surface area contributed by atoms with E-state index in [1.54, 1.807) is 0 Å². The first-order valence-electron chi connectivity index (χ1n) is 5.82. The van der Waals surface area contributed by atoms with E-state index in [1.165, 1.54) is 0 Å². The van der Waals surface area contributed by atoms with Gasteiger partial charge in [0.1, 0.15) is 6.10 Å². The van der Waals surface area contributed by atoms with E-state index in [0.717, 1.165) is 18.6 Å². The van der Waals surface area contributed by atoms with Crippen LogP contribution in [0.4, 0.5) is 0 Å². The highest BCUT2D eigenvalue weighted by Gasteiger charge is 2.42. The number of hydrogen-bond donors (Lipinski definition) is 0. The Hall–Kier alpha value is -0.900. The smallest absolute Gasteiger partial charge is 0.184 e. The van der Waals surface area contributed by atoms with Gasteiger partial charge in [-0.25, -0.2) is 0 Å². The Morgan fingerprint density at radius 1 is 1.12 bits per heavy atom. The average molecular weight is 220 g/mol. The maximum absolute atomic E-state index is 5.92. The van der Waals surface area contributed by atoms with E-state index in [-0.39, 0.29) is 24.6 Å². The van der Waals surface area contributed by atoms with Gasteiger partial charge in [-0.3, -0.25) is 0 Å². The molecule has 0 amide bonds. The molecule has 16 heavy (non-hydrogen) atoms. The Bertz CT molecular complexity index is 351. The predicted octanol–water partition coefficient (Wildman–Crippen LogP) is 2.28. The fourth-order valence-electron chi connectivity index (χ4n) is 2.38. The summed E-state index contributed by atoms with van der Waals surface area (Å²) in [6.07, 6.45) is 1.11. The van der Waals surface area contributed by atoms with Gasteiger partial charge in [0.2, 0.25) is 0 Å². The highest BCUT2D eigenvalue weighted by molar-refractivity contribution is 5.17. The van der Waals surface area contributed by atoms with Crippen molar-refractivity contribution in [2.45, 2.75) is 37.9 Å². The van der Waals surface area contributed by atoms with Crippen molar-refractivity contribution in [3.05, 3.63) is 35.9 Å². The first kappa shape index (κ1) is 10.3. The van der Waals surface area contributed by atoms with Crippen molar-refractivity contribution >= 4 is 0 Å². The van der Waals surface area contributed by atoms with Gasteiger partial charge < -0.3 is 14.2 Å². The molecule has 2 aliphatic rings. The molecule has 0 bridgehead atoms. The number of benzene rings is 1. The first-order valence-corrected chi connectivity index (χ1v) is 5.82. The summed E-state index contributed by atoms with van der Waals surface area (Å²) in [6, 6.07) is 10.1. The molecule has 0 spiro atoms. The molecule has 0 saturated carbocycles. The van der Waals surface area contributed by atoms with E-state index in [1.807, 2.05) is 37.3 Å².